The van der Waals surface area contributed by atoms with E-state index in [-0.39, 0.29) is 11.9 Å². The lowest BCUT2D eigenvalue weighted by Crippen LogP contribution is -2.17. The summed E-state index contributed by atoms with van der Waals surface area (Å²) in [6.45, 7) is 2.09. The molecule has 20 heavy (non-hydrogen) atoms. The lowest BCUT2D eigenvalue weighted by Gasteiger charge is -2.16. The molecule has 1 heterocycles. The van der Waals surface area contributed by atoms with Gasteiger partial charge in [-0.25, -0.2) is 4.98 Å². The summed E-state index contributed by atoms with van der Waals surface area (Å²) < 4.78 is 0. The van der Waals surface area contributed by atoms with Crippen LogP contribution in [0.25, 0.3) is 0 Å². The normalized spacial score (nSPS) is 12.2. The second kappa shape index (κ2) is 6.82. The van der Waals surface area contributed by atoms with Crippen LogP contribution in [0.2, 0.25) is 10.0 Å². The van der Waals surface area contributed by atoms with Gasteiger partial charge in [0.25, 0.3) is 0 Å². The van der Waals surface area contributed by atoms with Gasteiger partial charge in [-0.15, -0.1) is 0 Å². The van der Waals surface area contributed by atoms with E-state index in [0.717, 1.165) is 12.8 Å². The molecule has 1 unspecified atom stereocenters. The Balaban J connectivity index is 1.95. The standard InChI is InChI=1S/C15H17Cl2N3/c1-10(7-8-11-5-3-2-4-6-11)19-15-13(17)9-12(16)14(18)20-15/h2-6,9-10H,7-8H2,1H3,(H3,18,19,20). The number of anilines is 2. The van der Waals surface area contributed by atoms with Gasteiger partial charge in [0.1, 0.15) is 11.6 Å². The number of hydrogen-bond donors (Lipinski definition) is 2. The highest BCUT2D eigenvalue weighted by atomic mass is 35.5. The molecule has 0 fully saturated rings. The third kappa shape index (κ3) is 4.02. The van der Waals surface area contributed by atoms with E-state index in [1.807, 2.05) is 18.2 Å². The topological polar surface area (TPSA) is 50.9 Å². The average molecular weight is 310 g/mol. The quantitative estimate of drug-likeness (QED) is 0.860. The molecule has 2 rings (SSSR count). The first kappa shape index (κ1) is 14.9. The van der Waals surface area contributed by atoms with Crippen LogP contribution in [-0.4, -0.2) is 11.0 Å². The summed E-state index contributed by atoms with van der Waals surface area (Å²) in [6.07, 6.45) is 1.97. The maximum absolute atomic E-state index is 6.10. The minimum Gasteiger partial charge on any atom is -0.382 e. The Morgan fingerprint density at radius 1 is 1.20 bits per heavy atom. The zero-order valence-electron chi connectivity index (χ0n) is 11.2. The Morgan fingerprint density at radius 2 is 1.90 bits per heavy atom. The maximum atomic E-state index is 6.10. The summed E-state index contributed by atoms with van der Waals surface area (Å²) >= 11 is 12.0. The number of pyridine rings is 1. The van der Waals surface area contributed by atoms with Crippen molar-refractivity contribution in [3.63, 3.8) is 0 Å². The second-order valence-electron chi connectivity index (χ2n) is 4.76. The van der Waals surface area contributed by atoms with Gasteiger partial charge in [0.2, 0.25) is 0 Å². The Bertz CT molecular complexity index is 573. The van der Waals surface area contributed by atoms with Gasteiger partial charge >= 0.3 is 0 Å². The zero-order valence-corrected chi connectivity index (χ0v) is 12.7. The zero-order chi connectivity index (χ0) is 14.5. The summed E-state index contributed by atoms with van der Waals surface area (Å²) in [5.41, 5.74) is 7.00. The van der Waals surface area contributed by atoms with Crippen molar-refractivity contribution in [2.24, 2.45) is 0 Å². The number of halogens is 2. The van der Waals surface area contributed by atoms with Gasteiger partial charge in [0.05, 0.1) is 10.0 Å². The molecule has 0 radical (unpaired) electrons. The van der Waals surface area contributed by atoms with Crippen molar-refractivity contribution in [3.8, 4) is 0 Å². The molecule has 0 spiro atoms. The number of nitrogens with zero attached hydrogens (tertiary/aromatic N) is 1. The molecule has 2 aromatic rings. The van der Waals surface area contributed by atoms with Crippen LogP contribution in [-0.2, 0) is 6.42 Å². The van der Waals surface area contributed by atoms with E-state index in [1.165, 1.54) is 5.56 Å². The van der Waals surface area contributed by atoms with Crippen LogP contribution < -0.4 is 11.1 Å². The van der Waals surface area contributed by atoms with E-state index < -0.39 is 0 Å². The average Bonchev–Trinajstić information content (AvgIpc) is 2.44. The Hall–Kier alpha value is -1.45. The molecular formula is C15H17Cl2N3. The van der Waals surface area contributed by atoms with E-state index in [0.29, 0.717) is 15.9 Å². The van der Waals surface area contributed by atoms with Crippen LogP contribution in [0.4, 0.5) is 11.6 Å². The van der Waals surface area contributed by atoms with Gasteiger partial charge < -0.3 is 11.1 Å². The maximum Gasteiger partial charge on any atom is 0.147 e. The van der Waals surface area contributed by atoms with E-state index in [4.69, 9.17) is 28.9 Å². The number of nitrogens with two attached hydrogens (primary N) is 1. The first-order valence-corrected chi connectivity index (χ1v) is 7.24. The molecule has 0 amide bonds. The number of benzene rings is 1. The third-order valence-corrected chi connectivity index (χ3v) is 3.64. The molecule has 0 bridgehead atoms. The van der Waals surface area contributed by atoms with Crippen LogP contribution in [0.5, 0.6) is 0 Å². The predicted octanol–water partition coefficient (Wildman–Crippen LogP) is 4.40. The summed E-state index contributed by atoms with van der Waals surface area (Å²) in [5, 5.41) is 4.12. The lowest BCUT2D eigenvalue weighted by molar-refractivity contribution is 0.703. The highest BCUT2D eigenvalue weighted by Crippen LogP contribution is 2.28. The van der Waals surface area contributed by atoms with E-state index >= 15 is 0 Å². The minimum absolute atomic E-state index is 0.237. The van der Waals surface area contributed by atoms with Crippen LogP contribution in [0, 0.1) is 0 Å². The fourth-order valence-electron chi connectivity index (χ4n) is 1.92. The Morgan fingerprint density at radius 3 is 2.60 bits per heavy atom. The molecule has 106 valence electrons. The van der Waals surface area contributed by atoms with Crippen molar-refractivity contribution in [2.75, 3.05) is 11.1 Å². The van der Waals surface area contributed by atoms with Gasteiger partial charge in [-0.3, -0.25) is 0 Å². The predicted molar refractivity (Wildman–Crippen MR) is 86.5 cm³/mol. The van der Waals surface area contributed by atoms with Crippen molar-refractivity contribution in [1.82, 2.24) is 4.98 Å². The van der Waals surface area contributed by atoms with Crippen molar-refractivity contribution in [1.29, 1.82) is 0 Å². The largest absolute Gasteiger partial charge is 0.382 e. The van der Waals surface area contributed by atoms with Gasteiger partial charge in [-0.05, 0) is 31.4 Å². The molecule has 3 N–H and O–H groups in total. The molecule has 0 saturated carbocycles. The smallest absolute Gasteiger partial charge is 0.147 e. The highest BCUT2D eigenvalue weighted by Gasteiger charge is 2.10. The molecule has 3 nitrogen and oxygen atoms in total. The summed E-state index contributed by atoms with van der Waals surface area (Å²) in [7, 11) is 0. The number of rotatable bonds is 5. The molecule has 0 aliphatic heterocycles. The second-order valence-corrected chi connectivity index (χ2v) is 5.57. The first-order valence-electron chi connectivity index (χ1n) is 6.48. The molecular weight excluding hydrogens is 293 g/mol. The number of hydrogen-bond acceptors (Lipinski definition) is 3. The van der Waals surface area contributed by atoms with Crippen molar-refractivity contribution in [2.45, 2.75) is 25.8 Å². The lowest BCUT2D eigenvalue weighted by atomic mass is 10.1. The van der Waals surface area contributed by atoms with Crippen LogP contribution in [0.1, 0.15) is 18.9 Å². The van der Waals surface area contributed by atoms with Gasteiger partial charge in [-0.1, -0.05) is 53.5 Å². The van der Waals surface area contributed by atoms with Crippen molar-refractivity contribution < 1.29 is 0 Å². The molecule has 0 aliphatic rings. The van der Waals surface area contributed by atoms with E-state index in [1.54, 1.807) is 6.07 Å². The Kier molecular flexibility index (Phi) is 5.10. The third-order valence-electron chi connectivity index (χ3n) is 3.05. The van der Waals surface area contributed by atoms with E-state index in [2.05, 4.69) is 29.4 Å². The number of nitrogens with one attached hydrogen (secondary N) is 1. The molecule has 0 aliphatic carbocycles. The number of aryl methyl sites for hydroxylation is 1. The molecule has 0 saturated heterocycles. The van der Waals surface area contributed by atoms with Gasteiger partial charge in [-0.2, -0.15) is 0 Å². The fraction of sp³-hybridized carbons (Fsp3) is 0.267. The fourth-order valence-corrected chi connectivity index (χ4v) is 2.33. The molecule has 1 atom stereocenters. The summed E-state index contributed by atoms with van der Waals surface area (Å²) in [6, 6.07) is 12.2. The number of nitrogen functional groups attached to an aromatic ring is 1. The number of aromatic nitrogens is 1. The SMILES string of the molecule is CC(CCc1ccccc1)Nc1nc(N)c(Cl)cc1Cl. The summed E-state index contributed by atoms with van der Waals surface area (Å²) in [4.78, 5) is 4.17. The summed E-state index contributed by atoms with van der Waals surface area (Å²) in [5.74, 6) is 0.864. The van der Waals surface area contributed by atoms with Crippen LogP contribution >= 0.6 is 23.2 Å². The van der Waals surface area contributed by atoms with Crippen molar-refractivity contribution in [3.05, 3.63) is 52.0 Å². The van der Waals surface area contributed by atoms with Crippen LogP contribution in [0.15, 0.2) is 36.4 Å². The van der Waals surface area contributed by atoms with Gasteiger partial charge in [0, 0.05) is 6.04 Å². The monoisotopic (exact) mass is 309 g/mol. The first-order chi connectivity index (χ1) is 9.56. The van der Waals surface area contributed by atoms with Crippen LogP contribution in [0.3, 0.4) is 0 Å². The minimum atomic E-state index is 0.237. The van der Waals surface area contributed by atoms with E-state index in [9.17, 15) is 0 Å². The highest BCUT2D eigenvalue weighted by molar-refractivity contribution is 6.37. The Labute approximate surface area is 129 Å². The van der Waals surface area contributed by atoms with Crippen molar-refractivity contribution >= 4 is 34.8 Å². The van der Waals surface area contributed by atoms with Gasteiger partial charge in [0.15, 0.2) is 0 Å². The molecule has 1 aromatic carbocycles. The molecule has 5 heteroatoms. The molecule has 1 aromatic heterocycles.